The van der Waals surface area contributed by atoms with Gasteiger partial charge >= 0.3 is 6.03 Å². The predicted molar refractivity (Wildman–Crippen MR) is 89.8 cm³/mol. The molecule has 0 spiro atoms. The highest BCUT2D eigenvalue weighted by molar-refractivity contribution is 9.10. The lowest BCUT2D eigenvalue weighted by molar-refractivity contribution is 0.254. The van der Waals surface area contributed by atoms with Gasteiger partial charge in [0, 0.05) is 16.2 Å². The molecule has 2 aromatic rings. The molecule has 1 heterocycles. The van der Waals surface area contributed by atoms with E-state index < -0.39 is 0 Å². The number of aryl methyl sites for hydroxylation is 1. The van der Waals surface area contributed by atoms with Crippen LogP contribution in [-0.2, 0) is 6.42 Å². The first-order valence-corrected chi connectivity index (χ1v) is 7.99. The minimum absolute atomic E-state index is 0.0699. The third kappa shape index (κ3) is 2.86. The van der Waals surface area contributed by atoms with Crippen LogP contribution in [0.1, 0.15) is 18.9 Å². The highest BCUT2D eigenvalue weighted by Crippen LogP contribution is 2.32. The van der Waals surface area contributed by atoms with Crippen molar-refractivity contribution in [1.82, 2.24) is 0 Å². The maximum atomic E-state index is 13.4. The predicted octanol–water partition coefficient (Wildman–Crippen LogP) is 4.96. The summed E-state index contributed by atoms with van der Waals surface area (Å²) in [5, 5.41) is 2.91. The van der Waals surface area contributed by atoms with E-state index in [4.69, 9.17) is 0 Å². The van der Waals surface area contributed by atoms with Gasteiger partial charge in [-0.15, -0.1) is 0 Å². The Morgan fingerprint density at radius 2 is 2.09 bits per heavy atom. The van der Waals surface area contributed by atoms with Crippen LogP contribution in [0, 0.1) is 5.82 Å². The molecule has 1 N–H and O–H groups in total. The SMILES string of the molecule is C[C@H]1CCc2cc(F)ccc2N1C(=O)Nc1ccccc1Br. The summed E-state index contributed by atoms with van der Waals surface area (Å²) in [6.07, 6.45) is 1.60. The molecule has 0 saturated carbocycles. The summed E-state index contributed by atoms with van der Waals surface area (Å²) in [6.45, 7) is 2.01. The topological polar surface area (TPSA) is 32.3 Å². The van der Waals surface area contributed by atoms with Crippen LogP contribution in [0.15, 0.2) is 46.9 Å². The minimum Gasteiger partial charge on any atom is -0.306 e. The standard InChI is InChI=1S/C17H16BrFN2O/c1-11-6-7-12-10-13(19)8-9-16(12)21(11)17(22)20-15-5-3-2-4-14(15)18/h2-5,8-11H,6-7H2,1H3,(H,20,22)/t11-/m0/s1. The van der Waals surface area contributed by atoms with Gasteiger partial charge in [0.1, 0.15) is 5.82 Å². The minimum atomic E-state index is -0.264. The molecule has 114 valence electrons. The Morgan fingerprint density at radius 3 is 2.86 bits per heavy atom. The number of urea groups is 1. The van der Waals surface area contributed by atoms with Crippen molar-refractivity contribution in [3.8, 4) is 0 Å². The number of anilines is 2. The molecule has 1 aliphatic rings. The van der Waals surface area contributed by atoms with E-state index in [1.165, 1.54) is 12.1 Å². The number of rotatable bonds is 1. The smallest absolute Gasteiger partial charge is 0.306 e. The first kappa shape index (κ1) is 15.0. The van der Waals surface area contributed by atoms with Gasteiger partial charge in [-0.1, -0.05) is 12.1 Å². The van der Waals surface area contributed by atoms with Gasteiger partial charge in [0.15, 0.2) is 0 Å². The van der Waals surface area contributed by atoms with Crippen LogP contribution in [-0.4, -0.2) is 12.1 Å². The van der Waals surface area contributed by atoms with Crippen LogP contribution in [0.4, 0.5) is 20.6 Å². The van der Waals surface area contributed by atoms with Gasteiger partial charge < -0.3 is 5.32 Å². The van der Waals surface area contributed by atoms with Crippen molar-refractivity contribution >= 4 is 33.3 Å². The Hall–Kier alpha value is -1.88. The third-order valence-electron chi connectivity index (χ3n) is 3.91. The van der Waals surface area contributed by atoms with Crippen molar-refractivity contribution in [3.05, 3.63) is 58.3 Å². The van der Waals surface area contributed by atoms with Crippen LogP contribution < -0.4 is 10.2 Å². The summed E-state index contributed by atoms with van der Waals surface area (Å²) in [6, 6.07) is 11.9. The third-order valence-corrected chi connectivity index (χ3v) is 4.60. The highest BCUT2D eigenvalue weighted by Gasteiger charge is 2.28. The average molecular weight is 363 g/mol. The Bertz CT molecular complexity index is 720. The summed E-state index contributed by atoms with van der Waals surface area (Å²) >= 11 is 3.42. The lowest BCUT2D eigenvalue weighted by Crippen LogP contribution is -2.44. The number of hydrogen-bond donors (Lipinski definition) is 1. The Balaban J connectivity index is 1.91. The van der Waals surface area contributed by atoms with Crippen LogP contribution in [0.3, 0.4) is 0 Å². The van der Waals surface area contributed by atoms with E-state index in [1.807, 2.05) is 31.2 Å². The quantitative estimate of drug-likeness (QED) is 0.763. The Kier molecular flexibility index (Phi) is 4.16. The van der Waals surface area contributed by atoms with E-state index in [9.17, 15) is 9.18 Å². The number of benzene rings is 2. The van der Waals surface area contributed by atoms with Gasteiger partial charge in [0.05, 0.1) is 5.69 Å². The summed E-state index contributed by atoms with van der Waals surface area (Å²) in [5.41, 5.74) is 2.37. The van der Waals surface area contributed by atoms with Crippen molar-refractivity contribution in [2.45, 2.75) is 25.8 Å². The zero-order valence-corrected chi connectivity index (χ0v) is 13.7. The highest BCUT2D eigenvalue weighted by atomic mass is 79.9. The number of fused-ring (bicyclic) bond motifs is 1. The first-order chi connectivity index (χ1) is 10.6. The van der Waals surface area contributed by atoms with E-state index in [0.29, 0.717) is 5.69 Å². The van der Waals surface area contributed by atoms with Gasteiger partial charge in [-0.25, -0.2) is 9.18 Å². The molecule has 5 heteroatoms. The molecular formula is C17H16BrFN2O. The number of para-hydroxylation sites is 1. The van der Waals surface area contributed by atoms with Crippen molar-refractivity contribution in [2.24, 2.45) is 0 Å². The molecule has 0 saturated heterocycles. The number of halogens is 2. The summed E-state index contributed by atoms with van der Waals surface area (Å²) < 4.78 is 14.2. The Labute approximate surface area is 137 Å². The molecule has 0 radical (unpaired) electrons. The largest absolute Gasteiger partial charge is 0.326 e. The number of nitrogens with zero attached hydrogens (tertiary/aromatic N) is 1. The van der Waals surface area contributed by atoms with Crippen LogP contribution in [0.2, 0.25) is 0 Å². The molecule has 3 rings (SSSR count). The number of hydrogen-bond acceptors (Lipinski definition) is 1. The molecule has 0 fully saturated rings. The van der Waals surface area contributed by atoms with Gasteiger partial charge in [-0.3, -0.25) is 4.90 Å². The molecule has 1 atom stereocenters. The summed E-state index contributed by atoms with van der Waals surface area (Å²) in [4.78, 5) is 14.4. The zero-order chi connectivity index (χ0) is 15.7. The molecule has 3 nitrogen and oxygen atoms in total. The number of carbonyl (C=O) groups is 1. The fourth-order valence-electron chi connectivity index (χ4n) is 2.77. The number of nitrogens with one attached hydrogen (secondary N) is 1. The van der Waals surface area contributed by atoms with Gasteiger partial charge in [-0.05, 0) is 71.6 Å². The van der Waals surface area contributed by atoms with E-state index in [-0.39, 0.29) is 17.9 Å². The second kappa shape index (κ2) is 6.08. The second-order valence-corrected chi connectivity index (χ2v) is 6.30. The van der Waals surface area contributed by atoms with Crippen molar-refractivity contribution in [3.63, 3.8) is 0 Å². The number of carbonyl (C=O) groups excluding carboxylic acids is 1. The lowest BCUT2D eigenvalue weighted by Gasteiger charge is -2.35. The van der Waals surface area contributed by atoms with Gasteiger partial charge in [0.25, 0.3) is 0 Å². The van der Waals surface area contributed by atoms with Gasteiger partial charge in [-0.2, -0.15) is 0 Å². The van der Waals surface area contributed by atoms with E-state index in [0.717, 1.165) is 28.6 Å². The van der Waals surface area contributed by atoms with Crippen molar-refractivity contribution in [1.29, 1.82) is 0 Å². The number of amides is 2. The zero-order valence-electron chi connectivity index (χ0n) is 12.1. The van der Waals surface area contributed by atoms with E-state index >= 15 is 0 Å². The fourth-order valence-corrected chi connectivity index (χ4v) is 3.15. The van der Waals surface area contributed by atoms with E-state index in [1.54, 1.807) is 11.0 Å². The maximum Gasteiger partial charge on any atom is 0.326 e. The van der Waals surface area contributed by atoms with Crippen LogP contribution in [0.25, 0.3) is 0 Å². The van der Waals surface area contributed by atoms with Crippen LogP contribution in [0.5, 0.6) is 0 Å². The molecule has 0 aromatic heterocycles. The monoisotopic (exact) mass is 362 g/mol. The van der Waals surface area contributed by atoms with Crippen molar-refractivity contribution in [2.75, 3.05) is 10.2 Å². The normalized spacial score (nSPS) is 17.0. The molecular weight excluding hydrogens is 347 g/mol. The first-order valence-electron chi connectivity index (χ1n) is 7.19. The fraction of sp³-hybridized carbons (Fsp3) is 0.235. The molecule has 0 aliphatic carbocycles. The molecule has 2 aromatic carbocycles. The molecule has 2 amide bonds. The molecule has 22 heavy (non-hydrogen) atoms. The van der Waals surface area contributed by atoms with Crippen molar-refractivity contribution < 1.29 is 9.18 Å². The van der Waals surface area contributed by atoms with E-state index in [2.05, 4.69) is 21.2 Å². The average Bonchev–Trinajstić information content (AvgIpc) is 2.49. The van der Waals surface area contributed by atoms with Gasteiger partial charge in [0.2, 0.25) is 0 Å². The second-order valence-electron chi connectivity index (χ2n) is 5.44. The maximum absolute atomic E-state index is 13.4. The lowest BCUT2D eigenvalue weighted by atomic mass is 9.97. The Morgan fingerprint density at radius 1 is 1.32 bits per heavy atom. The molecule has 1 aliphatic heterocycles. The molecule has 0 bridgehead atoms. The summed E-state index contributed by atoms with van der Waals surface area (Å²) in [7, 11) is 0. The van der Waals surface area contributed by atoms with Crippen LogP contribution >= 0.6 is 15.9 Å². The molecule has 0 unspecified atom stereocenters. The summed E-state index contributed by atoms with van der Waals surface area (Å²) in [5.74, 6) is -0.264.